The van der Waals surface area contributed by atoms with Crippen molar-refractivity contribution >= 4 is 23.2 Å². The minimum Gasteiger partial charge on any atom is -0.493 e. The fraction of sp³-hybridized carbons (Fsp3) is 0.600. The molecule has 18 heavy (non-hydrogen) atoms. The molecule has 0 aliphatic heterocycles. The second kappa shape index (κ2) is 9.52. The van der Waals surface area contributed by atoms with Crippen LogP contribution in [0.1, 0.15) is 51.0 Å². The van der Waals surface area contributed by atoms with Gasteiger partial charge >= 0.3 is 0 Å². The molecule has 0 aliphatic carbocycles. The summed E-state index contributed by atoms with van der Waals surface area (Å²) in [6.45, 7) is 3.00. The van der Waals surface area contributed by atoms with Crippen molar-refractivity contribution in [3.63, 3.8) is 0 Å². The van der Waals surface area contributed by atoms with E-state index in [4.69, 9.17) is 27.9 Å². The Hall–Kier alpha value is -0.400. The van der Waals surface area contributed by atoms with Crippen LogP contribution in [0.3, 0.4) is 0 Å². The van der Waals surface area contributed by atoms with Crippen molar-refractivity contribution in [3.8, 4) is 5.75 Å². The first-order valence-corrected chi connectivity index (χ1v) is 7.66. The molecule has 0 amide bonds. The highest BCUT2D eigenvalue weighted by Gasteiger charge is 2.03. The van der Waals surface area contributed by atoms with E-state index < -0.39 is 0 Å². The molecule has 0 spiro atoms. The van der Waals surface area contributed by atoms with Crippen LogP contribution >= 0.6 is 23.2 Å². The quantitative estimate of drug-likeness (QED) is 0.411. The predicted molar refractivity (Wildman–Crippen MR) is 79.9 cm³/mol. The number of alkyl halides is 1. The zero-order chi connectivity index (χ0) is 13.2. The Kier molecular flexibility index (Phi) is 8.28. The fourth-order valence-corrected chi connectivity index (χ4v) is 2.26. The van der Waals surface area contributed by atoms with E-state index in [9.17, 15) is 0 Å². The fourth-order valence-electron chi connectivity index (χ4n) is 1.86. The first kappa shape index (κ1) is 15.7. The second-order valence-corrected chi connectivity index (χ2v) is 5.21. The van der Waals surface area contributed by atoms with E-state index in [0.717, 1.165) is 24.3 Å². The number of hydrogen-bond donors (Lipinski definition) is 0. The van der Waals surface area contributed by atoms with Gasteiger partial charge in [-0.15, -0.1) is 11.6 Å². The van der Waals surface area contributed by atoms with E-state index >= 15 is 0 Å². The Bertz CT molecular complexity index is 339. The lowest BCUT2D eigenvalue weighted by Gasteiger charge is -2.10. The maximum absolute atomic E-state index is 5.91. The van der Waals surface area contributed by atoms with Gasteiger partial charge in [0.1, 0.15) is 5.75 Å². The number of benzene rings is 1. The summed E-state index contributed by atoms with van der Waals surface area (Å²) in [5.41, 5.74) is 0.968. The third-order valence-corrected chi connectivity index (χ3v) is 3.44. The lowest BCUT2D eigenvalue weighted by atomic mass is 10.1. The molecule has 0 heterocycles. The summed E-state index contributed by atoms with van der Waals surface area (Å²) in [6, 6.07) is 5.61. The van der Waals surface area contributed by atoms with Crippen LogP contribution in [0.15, 0.2) is 18.2 Å². The van der Waals surface area contributed by atoms with Crippen molar-refractivity contribution in [1.29, 1.82) is 0 Å². The van der Waals surface area contributed by atoms with Crippen LogP contribution in [-0.2, 0) is 5.88 Å². The maximum Gasteiger partial charge on any atom is 0.123 e. The van der Waals surface area contributed by atoms with Crippen LogP contribution < -0.4 is 4.74 Å². The third-order valence-electron chi connectivity index (χ3n) is 2.92. The lowest BCUT2D eigenvalue weighted by molar-refractivity contribution is 0.302. The average molecular weight is 289 g/mol. The largest absolute Gasteiger partial charge is 0.493 e. The lowest BCUT2D eigenvalue weighted by Crippen LogP contribution is -1.99. The summed E-state index contributed by atoms with van der Waals surface area (Å²) in [5.74, 6) is 1.30. The van der Waals surface area contributed by atoms with Crippen molar-refractivity contribution in [3.05, 3.63) is 28.8 Å². The summed E-state index contributed by atoms with van der Waals surface area (Å²) in [7, 11) is 0. The maximum atomic E-state index is 5.91. The minimum absolute atomic E-state index is 0.437. The molecule has 0 aliphatic rings. The van der Waals surface area contributed by atoms with Crippen LogP contribution in [0.25, 0.3) is 0 Å². The Morgan fingerprint density at radius 2 is 1.78 bits per heavy atom. The second-order valence-electron chi connectivity index (χ2n) is 4.50. The highest BCUT2D eigenvalue weighted by atomic mass is 35.5. The summed E-state index contributed by atoms with van der Waals surface area (Å²) >= 11 is 11.8. The Morgan fingerprint density at radius 3 is 2.50 bits per heavy atom. The Balaban J connectivity index is 2.22. The van der Waals surface area contributed by atoms with Crippen molar-refractivity contribution in [2.45, 2.75) is 51.3 Å². The zero-order valence-electron chi connectivity index (χ0n) is 11.1. The van der Waals surface area contributed by atoms with Gasteiger partial charge in [0.25, 0.3) is 0 Å². The van der Waals surface area contributed by atoms with E-state index in [1.165, 1.54) is 32.1 Å². The van der Waals surface area contributed by atoms with E-state index in [1.54, 1.807) is 0 Å². The van der Waals surface area contributed by atoms with Crippen LogP contribution in [0.4, 0.5) is 0 Å². The van der Waals surface area contributed by atoms with Gasteiger partial charge < -0.3 is 4.74 Å². The van der Waals surface area contributed by atoms with Crippen molar-refractivity contribution < 1.29 is 4.74 Å². The molecule has 0 radical (unpaired) electrons. The van der Waals surface area contributed by atoms with E-state index in [0.29, 0.717) is 10.9 Å². The molecule has 0 N–H and O–H groups in total. The minimum atomic E-state index is 0.437. The molecule has 0 unspecified atom stereocenters. The van der Waals surface area contributed by atoms with Gasteiger partial charge in [-0.1, -0.05) is 50.6 Å². The molecule has 0 atom stereocenters. The van der Waals surface area contributed by atoms with Gasteiger partial charge in [-0.25, -0.2) is 0 Å². The summed E-state index contributed by atoms with van der Waals surface area (Å²) in [6.07, 6.45) is 7.62. The van der Waals surface area contributed by atoms with Gasteiger partial charge in [-0.2, -0.15) is 0 Å². The van der Waals surface area contributed by atoms with Crippen LogP contribution in [0.5, 0.6) is 5.75 Å². The van der Waals surface area contributed by atoms with Crippen LogP contribution in [0.2, 0.25) is 5.02 Å². The highest BCUT2D eigenvalue weighted by Crippen LogP contribution is 2.24. The van der Waals surface area contributed by atoms with E-state index in [2.05, 4.69) is 6.92 Å². The summed E-state index contributed by atoms with van der Waals surface area (Å²) < 4.78 is 5.75. The number of ether oxygens (including phenoxy) is 1. The molecule has 0 bridgehead atoms. The molecule has 1 aromatic carbocycles. The van der Waals surface area contributed by atoms with Gasteiger partial charge in [-0.3, -0.25) is 0 Å². The van der Waals surface area contributed by atoms with Crippen LogP contribution in [0, 0.1) is 0 Å². The number of halogens is 2. The molecule has 1 rings (SSSR count). The van der Waals surface area contributed by atoms with Crippen molar-refractivity contribution in [2.24, 2.45) is 0 Å². The number of rotatable bonds is 9. The number of unbranched alkanes of at least 4 members (excludes halogenated alkanes) is 5. The molecular weight excluding hydrogens is 267 g/mol. The smallest absolute Gasteiger partial charge is 0.123 e. The van der Waals surface area contributed by atoms with Gasteiger partial charge in [-0.05, 0) is 24.6 Å². The van der Waals surface area contributed by atoms with Gasteiger partial charge in [0.2, 0.25) is 0 Å². The monoisotopic (exact) mass is 288 g/mol. The number of hydrogen-bond acceptors (Lipinski definition) is 1. The standard InChI is InChI=1S/C15H22Cl2O/c1-2-3-4-5-6-7-10-18-15-9-8-14(17)11-13(15)12-16/h8-9,11H,2-7,10,12H2,1H3. The Labute approximate surface area is 120 Å². The summed E-state index contributed by atoms with van der Waals surface area (Å²) in [4.78, 5) is 0. The molecule has 3 heteroatoms. The van der Waals surface area contributed by atoms with Gasteiger partial charge in [0.05, 0.1) is 12.5 Å². The SMILES string of the molecule is CCCCCCCCOc1ccc(Cl)cc1CCl. The first-order chi connectivity index (χ1) is 8.77. The predicted octanol–water partition coefficient (Wildman–Crippen LogP) is 5.82. The molecular formula is C15H22Cl2O. The zero-order valence-corrected chi connectivity index (χ0v) is 12.6. The van der Waals surface area contributed by atoms with Crippen molar-refractivity contribution in [1.82, 2.24) is 0 Å². The normalized spacial score (nSPS) is 10.6. The van der Waals surface area contributed by atoms with E-state index in [-0.39, 0.29) is 0 Å². The molecule has 0 saturated heterocycles. The van der Waals surface area contributed by atoms with Crippen molar-refractivity contribution in [2.75, 3.05) is 6.61 Å². The van der Waals surface area contributed by atoms with E-state index in [1.807, 2.05) is 18.2 Å². The molecule has 102 valence electrons. The molecule has 1 nitrogen and oxygen atoms in total. The van der Waals surface area contributed by atoms with Gasteiger partial charge in [0.15, 0.2) is 0 Å². The molecule has 0 aromatic heterocycles. The third kappa shape index (κ3) is 5.97. The molecule has 0 fully saturated rings. The van der Waals surface area contributed by atoms with Crippen LogP contribution in [-0.4, -0.2) is 6.61 Å². The highest BCUT2D eigenvalue weighted by molar-refractivity contribution is 6.30. The Morgan fingerprint density at radius 1 is 1.06 bits per heavy atom. The molecule has 0 saturated carbocycles. The average Bonchev–Trinajstić information content (AvgIpc) is 2.39. The first-order valence-electron chi connectivity index (χ1n) is 6.75. The molecule has 1 aromatic rings. The summed E-state index contributed by atoms with van der Waals surface area (Å²) in [5, 5.41) is 0.706. The topological polar surface area (TPSA) is 9.23 Å². The van der Waals surface area contributed by atoms with Gasteiger partial charge in [0, 0.05) is 10.6 Å².